The summed E-state index contributed by atoms with van der Waals surface area (Å²) in [5.74, 6) is -2.16. The Balaban J connectivity index is 1.59. The number of nitrogens with one attached hydrogen (secondary N) is 3. The summed E-state index contributed by atoms with van der Waals surface area (Å²) in [5, 5.41) is 36.0. The van der Waals surface area contributed by atoms with E-state index in [0.717, 1.165) is 18.6 Å². The molecule has 16 heteroatoms. The molecule has 0 aliphatic carbocycles. The lowest BCUT2D eigenvalue weighted by Crippen LogP contribution is -2.44. The minimum atomic E-state index is -0.895. The zero-order chi connectivity index (χ0) is 29.2. The van der Waals surface area contributed by atoms with Crippen LogP contribution in [-0.4, -0.2) is 91.7 Å². The van der Waals surface area contributed by atoms with Gasteiger partial charge in [0.05, 0.1) is 0 Å². The number of carbonyl (C=O) groups excluding carboxylic acids is 3. The quantitative estimate of drug-likeness (QED) is 0.132. The van der Waals surface area contributed by atoms with Gasteiger partial charge in [-0.25, -0.2) is 0 Å². The molecular formula is C24H27N7O9. The zero-order valence-corrected chi connectivity index (χ0v) is 21.0. The van der Waals surface area contributed by atoms with Crippen molar-refractivity contribution in [3.05, 3.63) is 103 Å². The van der Waals surface area contributed by atoms with Crippen LogP contribution in [0.4, 0.5) is 0 Å². The Morgan fingerprint density at radius 1 is 0.575 bits per heavy atom. The summed E-state index contributed by atoms with van der Waals surface area (Å²) < 4.78 is 0.843. The number of rotatable bonds is 12. The number of aromatic nitrogens is 3. The Morgan fingerprint density at radius 2 is 0.850 bits per heavy atom. The first kappa shape index (κ1) is 29.2. The number of nitrogens with zero attached hydrogens (tertiary/aromatic N) is 4. The topological polar surface area (TPSA) is 217 Å². The molecule has 0 saturated carbocycles. The maximum absolute atomic E-state index is 12.4. The Morgan fingerprint density at radius 3 is 1.12 bits per heavy atom. The van der Waals surface area contributed by atoms with Crippen LogP contribution in [0.15, 0.2) is 69.4 Å². The first-order valence-electron chi connectivity index (χ1n) is 11.9. The SMILES string of the molecule is O=C(NCCN(CCNC(=O)c1cccn(O)c1=O)CCNC(=O)c1cccn(O)c1=O)c1cccn(O)c1=O. The number of hydrogen-bond donors (Lipinski definition) is 6. The van der Waals surface area contributed by atoms with E-state index in [-0.39, 0.29) is 70.2 Å². The lowest BCUT2D eigenvalue weighted by Gasteiger charge is -2.23. The minimum Gasteiger partial charge on any atom is -0.425 e. The highest BCUT2D eigenvalue weighted by atomic mass is 16.5. The second kappa shape index (κ2) is 13.4. The fourth-order valence-electron chi connectivity index (χ4n) is 3.57. The van der Waals surface area contributed by atoms with Gasteiger partial charge in [-0.3, -0.25) is 33.7 Å². The van der Waals surface area contributed by atoms with Crippen LogP contribution in [0, 0.1) is 0 Å². The molecule has 16 nitrogen and oxygen atoms in total. The molecule has 0 radical (unpaired) electrons. The highest BCUT2D eigenvalue weighted by molar-refractivity contribution is 5.94. The summed E-state index contributed by atoms with van der Waals surface area (Å²) in [6.07, 6.45) is 3.25. The molecule has 0 fully saturated rings. The van der Waals surface area contributed by atoms with Gasteiger partial charge < -0.3 is 31.6 Å². The molecule has 40 heavy (non-hydrogen) atoms. The normalized spacial score (nSPS) is 10.7. The van der Waals surface area contributed by atoms with Gasteiger partial charge in [0.2, 0.25) is 0 Å². The summed E-state index contributed by atoms with van der Waals surface area (Å²) in [6.45, 7) is 0.719. The van der Waals surface area contributed by atoms with Crippen molar-refractivity contribution < 1.29 is 30.0 Å². The van der Waals surface area contributed by atoms with Gasteiger partial charge >= 0.3 is 0 Å². The van der Waals surface area contributed by atoms with Crippen molar-refractivity contribution in [3.8, 4) is 0 Å². The molecule has 0 atom stereocenters. The van der Waals surface area contributed by atoms with Gasteiger partial charge in [-0.15, -0.1) is 0 Å². The van der Waals surface area contributed by atoms with E-state index in [4.69, 9.17) is 0 Å². The first-order valence-corrected chi connectivity index (χ1v) is 11.9. The largest absolute Gasteiger partial charge is 0.425 e. The predicted octanol–water partition coefficient (Wildman–Crippen LogP) is -2.22. The highest BCUT2D eigenvalue weighted by Crippen LogP contribution is 1.95. The van der Waals surface area contributed by atoms with Crippen molar-refractivity contribution >= 4 is 17.7 Å². The fraction of sp³-hybridized carbons (Fsp3) is 0.250. The molecule has 0 unspecified atom stereocenters. The van der Waals surface area contributed by atoms with Crippen LogP contribution in [0.2, 0.25) is 0 Å². The first-order chi connectivity index (χ1) is 19.1. The van der Waals surface area contributed by atoms with E-state index in [1.807, 2.05) is 0 Å². The molecule has 6 N–H and O–H groups in total. The number of amides is 3. The van der Waals surface area contributed by atoms with Gasteiger partial charge in [0.1, 0.15) is 16.7 Å². The fourth-order valence-corrected chi connectivity index (χ4v) is 3.57. The van der Waals surface area contributed by atoms with E-state index >= 15 is 0 Å². The van der Waals surface area contributed by atoms with Crippen molar-refractivity contribution in [2.75, 3.05) is 39.3 Å². The number of hydrogen-bond acceptors (Lipinski definition) is 10. The Labute approximate surface area is 225 Å². The maximum atomic E-state index is 12.4. The standard InChI is InChI=1S/C24H27N7O9/c32-19(16-4-1-10-29(38)22(16)35)25-7-13-28(14-8-26-20(33)17-5-2-11-30(39)23(17)36)15-9-27-21(34)18-6-3-12-31(40)24(18)37/h1-6,10-12,38-40H,7-9,13-15H2,(H,25,32)(H,26,33)(H,27,34). The van der Waals surface area contributed by atoms with Crippen molar-refractivity contribution in [2.45, 2.75) is 0 Å². The molecule has 0 aromatic carbocycles. The average molecular weight is 558 g/mol. The van der Waals surface area contributed by atoms with E-state index in [1.54, 1.807) is 4.90 Å². The molecule has 3 amide bonds. The van der Waals surface area contributed by atoms with Crippen LogP contribution in [0.5, 0.6) is 0 Å². The average Bonchev–Trinajstić information content (AvgIpc) is 2.92. The van der Waals surface area contributed by atoms with Crippen molar-refractivity contribution in [2.24, 2.45) is 0 Å². The third-order valence-corrected chi connectivity index (χ3v) is 5.66. The van der Waals surface area contributed by atoms with Crippen molar-refractivity contribution in [3.63, 3.8) is 0 Å². The van der Waals surface area contributed by atoms with Gasteiger partial charge in [-0.2, -0.15) is 14.2 Å². The van der Waals surface area contributed by atoms with Crippen LogP contribution in [0.25, 0.3) is 0 Å². The third kappa shape index (κ3) is 7.35. The molecule has 212 valence electrons. The van der Waals surface area contributed by atoms with E-state index in [0.29, 0.717) is 0 Å². The van der Waals surface area contributed by atoms with E-state index in [9.17, 15) is 44.4 Å². The number of carbonyl (C=O) groups is 3. The predicted molar refractivity (Wildman–Crippen MR) is 137 cm³/mol. The zero-order valence-electron chi connectivity index (χ0n) is 21.0. The molecule has 0 aliphatic rings. The summed E-state index contributed by atoms with van der Waals surface area (Å²) in [7, 11) is 0. The van der Waals surface area contributed by atoms with E-state index < -0.39 is 34.4 Å². The highest BCUT2D eigenvalue weighted by Gasteiger charge is 2.16. The van der Waals surface area contributed by atoms with Gasteiger partial charge in [-0.05, 0) is 36.4 Å². The summed E-state index contributed by atoms with van der Waals surface area (Å²) in [6, 6.07) is 7.73. The Kier molecular flexibility index (Phi) is 9.79. The summed E-state index contributed by atoms with van der Waals surface area (Å²) >= 11 is 0. The molecule has 0 saturated heterocycles. The second-order valence-electron chi connectivity index (χ2n) is 8.32. The van der Waals surface area contributed by atoms with Crippen molar-refractivity contribution in [1.29, 1.82) is 0 Å². The van der Waals surface area contributed by atoms with Crippen LogP contribution >= 0.6 is 0 Å². The molecule has 3 aromatic rings. The molecule has 3 rings (SSSR count). The van der Waals surface area contributed by atoms with Gasteiger partial charge in [0.15, 0.2) is 0 Å². The van der Waals surface area contributed by atoms with Crippen LogP contribution < -0.4 is 32.6 Å². The molecule has 3 heterocycles. The van der Waals surface area contributed by atoms with Crippen LogP contribution in [-0.2, 0) is 0 Å². The Bertz CT molecular complexity index is 1380. The van der Waals surface area contributed by atoms with Crippen molar-refractivity contribution in [1.82, 2.24) is 35.0 Å². The molecule has 0 aliphatic heterocycles. The monoisotopic (exact) mass is 557 g/mol. The Hall–Kier alpha value is -5.38. The van der Waals surface area contributed by atoms with E-state index in [2.05, 4.69) is 16.0 Å². The number of pyridine rings is 3. The molecule has 3 aromatic heterocycles. The van der Waals surface area contributed by atoms with E-state index in [1.165, 1.54) is 36.4 Å². The van der Waals surface area contributed by atoms with Gasteiger partial charge in [0.25, 0.3) is 34.4 Å². The van der Waals surface area contributed by atoms with Crippen LogP contribution in [0.1, 0.15) is 31.1 Å². The maximum Gasteiger partial charge on any atom is 0.295 e. The molecule has 0 spiro atoms. The summed E-state index contributed by atoms with van der Waals surface area (Å²) in [4.78, 5) is 74.6. The van der Waals surface area contributed by atoms with Gasteiger partial charge in [-0.1, -0.05) is 0 Å². The third-order valence-electron chi connectivity index (χ3n) is 5.66. The van der Waals surface area contributed by atoms with Crippen LogP contribution in [0.3, 0.4) is 0 Å². The lowest BCUT2D eigenvalue weighted by atomic mass is 10.2. The van der Waals surface area contributed by atoms with Gasteiger partial charge in [0, 0.05) is 57.9 Å². The lowest BCUT2D eigenvalue weighted by molar-refractivity contribution is 0.0938. The smallest absolute Gasteiger partial charge is 0.295 e. The second-order valence-corrected chi connectivity index (χ2v) is 8.32. The molecule has 0 bridgehead atoms. The minimum absolute atomic E-state index is 0.0439. The molecular weight excluding hydrogens is 530 g/mol. The summed E-state index contributed by atoms with van der Waals surface area (Å²) in [5.41, 5.74) is -3.50.